The van der Waals surface area contributed by atoms with Gasteiger partial charge in [0, 0.05) is 49.1 Å². The van der Waals surface area contributed by atoms with Crippen LogP contribution in [0.2, 0.25) is 0 Å². The van der Waals surface area contributed by atoms with Crippen molar-refractivity contribution in [3.63, 3.8) is 0 Å². The smallest absolute Gasteiger partial charge is 0.244 e. The van der Waals surface area contributed by atoms with E-state index >= 15 is 0 Å². The van der Waals surface area contributed by atoms with E-state index in [9.17, 15) is 8.42 Å². The molecule has 2 aliphatic heterocycles. The average molecular weight is 515 g/mol. The van der Waals surface area contributed by atoms with E-state index in [4.69, 9.17) is 14.7 Å². The van der Waals surface area contributed by atoms with E-state index in [-0.39, 0.29) is 18.8 Å². The van der Waals surface area contributed by atoms with Crippen LogP contribution in [0.1, 0.15) is 25.1 Å². The Kier molecular flexibility index (Phi) is 6.18. The SMILES string of the molecule is CC1CN(c2nc(-c3ccccc3)nc3c2CN(S(=O)(=O)c2cccc4ccccc24)CC3)CC(C)O1. The van der Waals surface area contributed by atoms with E-state index in [2.05, 4.69) is 18.7 Å². The van der Waals surface area contributed by atoms with Crippen LogP contribution in [-0.2, 0) is 27.7 Å². The molecule has 2 aliphatic rings. The van der Waals surface area contributed by atoms with E-state index in [1.54, 1.807) is 10.4 Å². The first kappa shape index (κ1) is 24.0. The topological polar surface area (TPSA) is 75.6 Å². The lowest BCUT2D eigenvalue weighted by Gasteiger charge is -2.38. The molecule has 0 amide bonds. The first-order chi connectivity index (χ1) is 17.9. The standard InChI is InChI=1S/C29H30N4O3S/c1-20-17-32(18-21(2)36-20)29-25-19-33(16-15-26(25)30-28(31-29)23-10-4-3-5-11-23)37(34,35)27-14-8-12-22-9-6-7-13-24(22)27/h3-14,20-21H,15-19H2,1-2H3. The van der Waals surface area contributed by atoms with E-state index in [0.717, 1.165) is 33.4 Å². The van der Waals surface area contributed by atoms with Crippen molar-refractivity contribution in [2.75, 3.05) is 24.5 Å². The van der Waals surface area contributed by atoms with Gasteiger partial charge < -0.3 is 9.64 Å². The molecule has 190 valence electrons. The number of sulfonamides is 1. The third-order valence-corrected chi connectivity index (χ3v) is 9.03. The second-order valence-corrected chi connectivity index (χ2v) is 11.8. The molecule has 0 saturated carbocycles. The summed E-state index contributed by atoms with van der Waals surface area (Å²) < 4.78 is 35.4. The quantitative estimate of drug-likeness (QED) is 0.394. The van der Waals surface area contributed by atoms with Gasteiger partial charge in [-0.3, -0.25) is 0 Å². The third kappa shape index (κ3) is 4.50. The fraction of sp³-hybridized carbons (Fsp3) is 0.310. The van der Waals surface area contributed by atoms with Crippen molar-refractivity contribution in [1.82, 2.24) is 14.3 Å². The highest BCUT2D eigenvalue weighted by Crippen LogP contribution is 2.34. The predicted octanol–water partition coefficient (Wildman–Crippen LogP) is 4.66. The monoisotopic (exact) mass is 514 g/mol. The van der Waals surface area contributed by atoms with E-state index in [1.807, 2.05) is 66.7 Å². The predicted molar refractivity (Wildman–Crippen MR) is 145 cm³/mol. The maximum absolute atomic E-state index is 13.9. The Hall–Kier alpha value is -3.33. The van der Waals surface area contributed by atoms with Crippen LogP contribution < -0.4 is 4.90 Å². The molecule has 3 aromatic carbocycles. The van der Waals surface area contributed by atoms with Crippen LogP contribution in [0.4, 0.5) is 5.82 Å². The second-order valence-electron chi connectivity index (χ2n) is 9.89. The Labute approximate surface area is 217 Å². The van der Waals surface area contributed by atoms with Gasteiger partial charge in [-0.25, -0.2) is 18.4 Å². The Bertz CT molecular complexity index is 1540. The van der Waals surface area contributed by atoms with Crippen LogP contribution >= 0.6 is 0 Å². The molecule has 0 N–H and O–H groups in total. The van der Waals surface area contributed by atoms with Gasteiger partial charge in [0.1, 0.15) is 5.82 Å². The number of fused-ring (bicyclic) bond motifs is 2. The van der Waals surface area contributed by atoms with Crippen LogP contribution in [-0.4, -0.2) is 54.5 Å². The normalized spacial score (nSPS) is 20.6. The van der Waals surface area contributed by atoms with Gasteiger partial charge in [-0.1, -0.05) is 66.7 Å². The number of benzene rings is 3. The molecule has 1 fully saturated rings. The molecule has 1 aromatic heterocycles. The highest BCUT2D eigenvalue weighted by molar-refractivity contribution is 7.89. The molecule has 2 atom stereocenters. The zero-order valence-corrected chi connectivity index (χ0v) is 21.9. The number of ether oxygens (including phenoxy) is 1. The summed E-state index contributed by atoms with van der Waals surface area (Å²) in [6.07, 6.45) is 0.631. The summed E-state index contributed by atoms with van der Waals surface area (Å²) in [4.78, 5) is 12.5. The van der Waals surface area contributed by atoms with Crippen molar-refractivity contribution < 1.29 is 13.2 Å². The van der Waals surface area contributed by atoms with Gasteiger partial charge in [0.05, 0.1) is 22.8 Å². The first-order valence-corrected chi connectivity index (χ1v) is 14.2. The number of aromatic nitrogens is 2. The summed E-state index contributed by atoms with van der Waals surface area (Å²) in [5, 5.41) is 1.65. The number of hydrogen-bond acceptors (Lipinski definition) is 6. The molecule has 4 aromatic rings. The molecule has 0 bridgehead atoms. The lowest BCUT2D eigenvalue weighted by atomic mass is 10.1. The molecule has 0 spiro atoms. The summed E-state index contributed by atoms with van der Waals surface area (Å²) >= 11 is 0. The average Bonchev–Trinajstić information content (AvgIpc) is 2.91. The van der Waals surface area contributed by atoms with Crippen molar-refractivity contribution in [2.45, 2.75) is 43.9 Å². The fourth-order valence-corrected chi connectivity index (χ4v) is 7.09. The molecule has 7 nitrogen and oxygen atoms in total. The molecular weight excluding hydrogens is 484 g/mol. The van der Waals surface area contributed by atoms with Crippen LogP contribution in [0.25, 0.3) is 22.2 Å². The number of anilines is 1. The van der Waals surface area contributed by atoms with Crippen molar-refractivity contribution in [2.24, 2.45) is 0 Å². The molecule has 3 heterocycles. The highest BCUT2D eigenvalue weighted by atomic mass is 32.2. The van der Waals surface area contributed by atoms with Crippen LogP contribution in [0.5, 0.6) is 0 Å². The van der Waals surface area contributed by atoms with Gasteiger partial charge in [-0.05, 0) is 25.3 Å². The van der Waals surface area contributed by atoms with Gasteiger partial charge in [0.25, 0.3) is 0 Å². The first-order valence-electron chi connectivity index (χ1n) is 12.7. The van der Waals surface area contributed by atoms with Gasteiger partial charge in [-0.15, -0.1) is 0 Å². The van der Waals surface area contributed by atoms with Crippen molar-refractivity contribution in [3.8, 4) is 11.4 Å². The molecule has 0 radical (unpaired) electrons. The zero-order chi connectivity index (χ0) is 25.6. The third-order valence-electron chi connectivity index (χ3n) is 7.12. The van der Waals surface area contributed by atoms with E-state index in [1.165, 1.54) is 0 Å². The Morgan fingerprint density at radius 3 is 2.35 bits per heavy atom. The summed E-state index contributed by atoms with van der Waals surface area (Å²) in [6, 6.07) is 23.0. The van der Waals surface area contributed by atoms with E-state index in [0.29, 0.717) is 36.8 Å². The molecule has 37 heavy (non-hydrogen) atoms. The summed E-state index contributed by atoms with van der Waals surface area (Å²) in [5.41, 5.74) is 2.75. The molecule has 0 aliphatic carbocycles. The van der Waals surface area contributed by atoms with Crippen LogP contribution in [0.3, 0.4) is 0 Å². The van der Waals surface area contributed by atoms with Crippen molar-refractivity contribution >= 4 is 26.6 Å². The minimum absolute atomic E-state index is 0.0497. The number of hydrogen-bond donors (Lipinski definition) is 0. The maximum atomic E-state index is 13.9. The van der Waals surface area contributed by atoms with Crippen LogP contribution in [0.15, 0.2) is 77.7 Å². The van der Waals surface area contributed by atoms with Crippen molar-refractivity contribution in [3.05, 3.63) is 84.1 Å². The summed E-state index contributed by atoms with van der Waals surface area (Å²) in [6.45, 7) is 6.12. The Morgan fingerprint density at radius 2 is 1.57 bits per heavy atom. The second kappa shape index (κ2) is 9.52. The lowest BCUT2D eigenvalue weighted by molar-refractivity contribution is -0.00555. The van der Waals surface area contributed by atoms with Gasteiger partial charge >= 0.3 is 0 Å². The number of nitrogens with zero attached hydrogens (tertiary/aromatic N) is 4. The van der Waals surface area contributed by atoms with Crippen LogP contribution in [0, 0.1) is 0 Å². The molecule has 2 unspecified atom stereocenters. The molecular formula is C29H30N4O3S. The largest absolute Gasteiger partial charge is 0.372 e. The lowest BCUT2D eigenvalue weighted by Crippen LogP contribution is -2.47. The zero-order valence-electron chi connectivity index (χ0n) is 21.0. The summed E-state index contributed by atoms with van der Waals surface area (Å²) in [5.74, 6) is 1.48. The van der Waals surface area contributed by atoms with Gasteiger partial charge in [0.15, 0.2) is 5.82 Å². The van der Waals surface area contributed by atoms with Gasteiger partial charge in [-0.2, -0.15) is 4.31 Å². The van der Waals surface area contributed by atoms with Gasteiger partial charge in [0.2, 0.25) is 10.0 Å². The fourth-order valence-electron chi connectivity index (χ4n) is 5.47. The summed E-state index contributed by atoms with van der Waals surface area (Å²) in [7, 11) is -3.73. The van der Waals surface area contributed by atoms with E-state index < -0.39 is 10.0 Å². The minimum atomic E-state index is -3.73. The highest BCUT2D eigenvalue weighted by Gasteiger charge is 2.34. The number of morpholine rings is 1. The molecule has 8 heteroatoms. The Morgan fingerprint density at radius 1 is 0.865 bits per heavy atom. The molecule has 1 saturated heterocycles. The van der Waals surface area contributed by atoms with Crippen molar-refractivity contribution in [1.29, 1.82) is 0 Å². The minimum Gasteiger partial charge on any atom is -0.372 e. The molecule has 6 rings (SSSR count). The maximum Gasteiger partial charge on any atom is 0.244 e. The number of rotatable bonds is 4. The Balaban J connectivity index is 1.44.